The van der Waals surface area contributed by atoms with E-state index in [2.05, 4.69) is 15.1 Å². The summed E-state index contributed by atoms with van der Waals surface area (Å²) >= 11 is 0. The molecule has 4 bridgehead atoms. The lowest BCUT2D eigenvalue weighted by atomic mass is 9.49. The lowest BCUT2D eigenvalue weighted by Crippen LogP contribution is -2.47. The maximum absolute atomic E-state index is 5.54. The highest BCUT2D eigenvalue weighted by atomic mass is 16.4. The van der Waals surface area contributed by atoms with Crippen molar-refractivity contribution in [3.8, 4) is 0 Å². The molecule has 5 rings (SSSR count). The second kappa shape index (κ2) is 4.97. The number of rotatable bonds is 5. The van der Waals surface area contributed by atoms with Crippen LogP contribution in [0.5, 0.6) is 0 Å². The first-order valence-electron chi connectivity index (χ1n) is 8.39. The first-order chi connectivity index (χ1) is 10.2. The van der Waals surface area contributed by atoms with Crippen molar-refractivity contribution in [3.63, 3.8) is 0 Å². The van der Waals surface area contributed by atoms with Crippen molar-refractivity contribution in [1.29, 1.82) is 0 Å². The van der Waals surface area contributed by atoms with Gasteiger partial charge in [0.2, 0.25) is 5.89 Å². The molecule has 0 amide bonds. The lowest BCUT2D eigenvalue weighted by Gasteiger charge is -2.57. The Morgan fingerprint density at radius 1 is 1.14 bits per heavy atom. The van der Waals surface area contributed by atoms with Gasteiger partial charge in [-0.15, -0.1) is 5.10 Å². The van der Waals surface area contributed by atoms with Crippen molar-refractivity contribution in [1.82, 2.24) is 10.2 Å². The topological polar surface area (TPSA) is 68.2 Å². The van der Waals surface area contributed by atoms with E-state index < -0.39 is 0 Å². The first-order valence-corrected chi connectivity index (χ1v) is 8.39. The summed E-state index contributed by atoms with van der Waals surface area (Å²) in [6.07, 6.45) is 10.2. The van der Waals surface area contributed by atoms with Crippen LogP contribution in [0.4, 0.5) is 6.01 Å². The third kappa shape index (κ3) is 2.45. The van der Waals surface area contributed by atoms with Crippen LogP contribution >= 0.6 is 0 Å². The third-order valence-corrected chi connectivity index (χ3v) is 6.10. The molecule has 4 aliphatic carbocycles. The lowest BCUT2D eigenvalue weighted by molar-refractivity contribution is -0.0559. The van der Waals surface area contributed by atoms with Crippen LogP contribution in [0.2, 0.25) is 0 Å². The van der Waals surface area contributed by atoms with Gasteiger partial charge in [0.15, 0.2) is 0 Å². The SMILES string of the molecule is CN(CCC12CC3CC(CC(C3)C1)C2)c1nnc(CN)o1. The van der Waals surface area contributed by atoms with Gasteiger partial charge in [0.1, 0.15) is 0 Å². The zero-order chi connectivity index (χ0) is 14.4. The minimum Gasteiger partial charge on any atom is -0.407 e. The van der Waals surface area contributed by atoms with Crippen molar-refractivity contribution >= 4 is 6.01 Å². The Balaban J connectivity index is 1.40. The van der Waals surface area contributed by atoms with E-state index >= 15 is 0 Å². The second-order valence-corrected chi connectivity index (χ2v) is 7.77. The minimum absolute atomic E-state index is 0.315. The van der Waals surface area contributed by atoms with Crippen LogP contribution in [0.3, 0.4) is 0 Å². The van der Waals surface area contributed by atoms with E-state index in [9.17, 15) is 0 Å². The Kier molecular flexibility index (Phi) is 3.21. The van der Waals surface area contributed by atoms with E-state index in [0.29, 0.717) is 23.9 Å². The van der Waals surface area contributed by atoms with Gasteiger partial charge in [-0.25, -0.2) is 0 Å². The fourth-order valence-electron chi connectivity index (χ4n) is 5.58. The summed E-state index contributed by atoms with van der Waals surface area (Å²) in [6.45, 7) is 1.33. The van der Waals surface area contributed by atoms with E-state index in [1.807, 2.05) is 7.05 Å². The van der Waals surface area contributed by atoms with Crippen LogP contribution in [0.15, 0.2) is 4.42 Å². The summed E-state index contributed by atoms with van der Waals surface area (Å²) in [5, 5.41) is 8.03. The molecule has 0 radical (unpaired) electrons. The molecule has 0 spiro atoms. The normalized spacial score (nSPS) is 37.1. The summed E-state index contributed by atoms with van der Waals surface area (Å²) in [4.78, 5) is 2.10. The number of aromatic nitrogens is 2. The summed E-state index contributed by atoms with van der Waals surface area (Å²) in [7, 11) is 2.05. The van der Waals surface area contributed by atoms with Crippen molar-refractivity contribution in [3.05, 3.63) is 5.89 Å². The number of hydrogen-bond acceptors (Lipinski definition) is 5. The zero-order valence-corrected chi connectivity index (χ0v) is 12.9. The number of nitrogens with zero attached hydrogens (tertiary/aromatic N) is 3. The maximum Gasteiger partial charge on any atom is 0.317 e. The highest BCUT2D eigenvalue weighted by Gasteiger charge is 2.50. The van der Waals surface area contributed by atoms with Crippen molar-refractivity contribution in [2.45, 2.75) is 51.5 Å². The molecule has 1 heterocycles. The Labute approximate surface area is 126 Å². The quantitative estimate of drug-likeness (QED) is 0.902. The molecule has 0 saturated heterocycles. The first kappa shape index (κ1) is 13.6. The predicted molar refractivity (Wildman–Crippen MR) is 80.7 cm³/mol. The molecule has 2 N–H and O–H groups in total. The molecular formula is C16H26N4O. The van der Waals surface area contributed by atoms with E-state index in [1.165, 1.54) is 44.9 Å². The van der Waals surface area contributed by atoms with Gasteiger partial charge in [0.05, 0.1) is 6.54 Å². The van der Waals surface area contributed by atoms with Crippen LogP contribution in [-0.4, -0.2) is 23.8 Å². The van der Waals surface area contributed by atoms with E-state index in [4.69, 9.17) is 10.2 Å². The number of nitrogens with two attached hydrogens (primary N) is 1. The second-order valence-electron chi connectivity index (χ2n) is 7.77. The Hall–Kier alpha value is -1.10. The third-order valence-electron chi connectivity index (χ3n) is 6.10. The average molecular weight is 290 g/mol. The molecule has 21 heavy (non-hydrogen) atoms. The predicted octanol–water partition coefficient (Wildman–Crippen LogP) is 2.57. The Morgan fingerprint density at radius 2 is 1.76 bits per heavy atom. The maximum atomic E-state index is 5.54. The van der Waals surface area contributed by atoms with Gasteiger partial charge in [-0.3, -0.25) is 0 Å². The Morgan fingerprint density at radius 3 is 2.29 bits per heavy atom. The van der Waals surface area contributed by atoms with Crippen LogP contribution in [0, 0.1) is 23.2 Å². The van der Waals surface area contributed by atoms with Gasteiger partial charge >= 0.3 is 6.01 Å². The van der Waals surface area contributed by atoms with Gasteiger partial charge < -0.3 is 15.1 Å². The summed E-state index contributed by atoms with van der Waals surface area (Å²) in [6, 6.07) is 0.611. The van der Waals surface area contributed by atoms with Gasteiger partial charge in [-0.05, 0) is 68.1 Å². The molecule has 0 aliphatic heterocycles. The molecule has 0 aromatic carbocycles. The van der Waals surface area contributed by atoms with Gasteiger partial charge in [0, 0.05) is 13.6 Å². The van der Waals surface area contributed by atoms with Crippen molar-refractivity contribution in [2.75, 3.05) is 18.5 Å². The molecule has 0 atom stereocenters. The molecule has 4 aliphatic rings. The molecule has 5 heteroatoms. The van der Waals surface area contributed by atoms with E-state index in [0.717, 1.165) is 24.3 Å². The highest BCUT2D eigenvalue weighted by molar-refractivity contribution is 5.22. The average Bonchev–Trinajstić information content (AvgIpc) is 2.92. The molecule has 0 unspecified atom stereocenters. The largest absolute Gasteiger partial charge is 0.407 e. The monoisotopic (exact) mass is 290 g/mol. The van der Waals surface area contributed by atoms with Crippen LogP contribution in [0.1, 0.15) is 50.8 Å². The molecule has 116 valence electrons. The van der Waals surface area contributed by atoms with Gasteiger partial charge in [-0.2, -0.15) is 0 Å². The molecule has 4 saturated carbocycles. The van der Waals surface area contributed by atoms with Crippen molar-refractivity contribution in [2.24, 2.45) is 28.9 Å². The smallest absolute Gasteiger partial charge is 0.317 e. The van der Waals surface area contributed by atoms with E-state index in [-0.39, 0.29) is 0 Å². The molecule has 1 aromatic heterocycles. The minimum atomic E-state index is 0.315. The fourth-order valence-corrected chi connectivity index (χ4v) is 5.58. The number of anilines is 1. The van der Waals surface area contributed by atoms with Crippen LogP contribution in [-0.2, 0) is 6.54 Å². The van der Waals surface area contributed by atoms with Crippen molar-refractivity contribution < 1.29 is 4.42 Å². The summed E-state index contributed by atoms with van der Waals surface area (Å²) in [5.74, 6) is 3.59. The molecule has 5 nitrogen and oxygen atoms in total. The highest BCUT2D eigenvalue weighted by Crippen LogP contribution is 2.61. The molecular weight excluding hydrogens is 264 g/mol. The fraction of sp³-hybridized carbons (Fsp3) is 0.875. The van der Waals surface area contributed by atoms with Gasteiger partial charge in [0.25, 0.3) is 0 Å². The van der Waals surface area contributed by atoms with Gasteiger partial charge in [-0.1, -0.05) is 5.10 Å². The van der Waals surface area contributed by atoms with Crippen LogP contribution < -0.4 is 10.6 Å². The Bertz CT molecular complexity index is 477. The van der Waals surface area contributed by atoms with Crippen LogP contribution in [0.25, 0.3) is 0 Å². The summed E-state index contributed by atoms with van der Waals surface area (Å²) in [5.41, 5.74) is 6.14. The number of hydrogen-bond donors (Lipinski definition) is 1. The molecule has 1 aromatic rings. The standard InChI is InChI=1S/C16H26N4O/c1-20(15-19-18-14(10-17)21-15)3-2-16-7-11-4-12(8-16)6-13(5-11)9-16/h11-13H,2-10,17H2,1H3. The molecule has 4 fully saturated rings. The van der Waals surface area contributed by atoms with E-state index in [1.54, 1.807) is 0 Å². The summed E-state index contributed by atoms with van der Waals surface area (Å²) < 4.78 is 5.54. The zero-order valence-electron chi connectivity index (χ0n) is 12.9.